The summed E-state index contributed by atoms with van der Waals surface area (Å²) < 4.78 is 18.8. The Labute approximate surface area is 186 Å². The summed E-state index contributed by atoms with van der Waals surface area (Å²) in [6.45, 7) is 3.33. The van der Waals surface area contributed by atoms with E-state index in [-0.39, 0.29) is 0 Å². The molecule has 2 aromatic carbocycles. The Morgan fingerprint density at radius 1 is 1.13 bits per heavy atom. The van der Waals surface area contributed by atoms with E-state index in [1.165, 1.54) is 11.8 Å². The lowest BCUT2D eigenvalue weighted by Gasteiger charge is -2.10. The first kappa shape index (κ1) is 21.0. The van der Waals surface area contributed by atoms with Crippen LogP contribution in [0.2, 0.25) is 0 Å². The molecule has 0 atom stereocenters. The van der Waals surface area contributed by atoms with Gasteiger partial charge in [-0.2, -0.15) is 8.75 Å². The van der Waals surface area contributed by atoms with Gasteiger partial charge in [0.1, 0.15) is 16.8 Å². The maximum atomic E-state index is 12.6. The van der Waals surface area contributed by atoms with Gasteiger partial charge in [0.25, 0.3) is 5.91 Å². The van der Waals surface area contributed by atoms with Crippen LogP contribution in [0, 0.1) is 13.8 Å². The fourth-order valence-electron chi connectivity index (χ4n) is 2.92. The molecule has 8 nitrogen and oxygen atoms in total. The van der Waals surface area contributed by atoms with Gasteiger partial charge in [-0.05, 0) is 38.1 Å². The van der Waals surface area contributed by atoms with Gasteiger partial charge < -0.3 is 14.6 Å². The van der Waals surface area contributed by atoms with Crippen molar-refractivity contribution in [2.24, 2.45) is 0 Å². The molecule has 0 fully saturated rings. The Kier molecular flexibility index (Phi) is 6.28. The lowest BCUT2D eigenvalue weighted by Crippen LogP contribution is -2.21. The number of nitrogens with zero attached hydrogens (tertiary/aromatic N) is 3. The van der Waals surface area contributed by atoms with Gasteiger partial charge in [-0.25, -0.2) is 4.79 Å². The smallest absolute Gasteiger partial charge is 0.339 e. The minimum absolute atomic E-state index is 0.401. The third kappa shape index (κ3) is 4.75. The summed E-state index contributed by atoms with van der Waals surface area (Å²) in [5, 5.41) is 6.67. The quantitative estimate of drug-likeness (QED) is 0.324. The zero-order valence-corrected chi connectivity index (χ0v) is 18.4. The molecular formula is C21H18N4O4S2. The van der Waals surface area contributed by atoms with Gasteiger partial charge in [0, 0.05) is 16.2 Å². The number of nitrogens with one attached hydrogen (secondary N) is 1. The molecule has 0 bridgehead atoms. The van der Waals surface area contributed by atoms with E-state index in [2.05, 4.69) is 19.2 Å². The van der Waals surface area contributed by atoms with Crippen LogP contribution < -0.4 is 5.32 Å². The van der Waals surface area contributed by atoms with E-state index in [1.807, 2.05) is 32.0 Å². The van der Waals surface area contributed by atoms with Crippen molar-refractivity contribution < 1.29 is 18.8 Å². The molecule has 2 heterocycles. The second-order valence-electron chi connectivity index (χ2n) is 6.65. The normalized spacial score (nSPS) is 10.9. The molecule has 2 aromatic heterocycles. The first-order chi connectivity index (χ1) is 15.0. The number of esters is 1. The highest BCUT2D eigenvalue weighted by molar-refractivity contribution is 7.98. The van der Waals surface area contributed by atoms with Crippen LogP contribution in [0.5, 0.6) is 0 Å². The average molecular weight is 455 g/mol. The highest BCUT2D eigenvalue weighted by Crippen LogP contribution is 2.29. The summed E-state index contributed by atoms with van der Waals surface area (Å²) in [6, 6.07) is 12.4. The molecule has 10 heteroatoms. The predicted octanol–water partition coefficient (Wildman–Crippen LogP) is 4.38. The number of aryl methyl sites for hydroxylation is 2. The zero-order valence-electron chi connectivity index (χ0n) is 16.7. The number of thioether (sulfide) groups is 1. The third-order valence-electron chi connectivity index (χ3n) is 4.55. The number of rotatable bonds is 7. The van der Waals surface area contributed by atoms with Crippen molar-refractivity contribution in [3.05, 3.63) is 65.0 Å². The van der Waals surface area contributed by atoms with Crippen LogP contribution in [0.3, 0.4) is 0 Å². The van der Waals surface area contributed by atoms with E-state index in [4.69, 9.17) is 9.26 Å². The van der Waals surface area contributed by atoms with E-state index >= 15 is 0 Å². The van der Waals surface area contributed by atoms with Crippen molar-refractivity contribution in [1.29, 1.82) is 0 Å². The summed E-state index contributed by atoms with van der Waals surface area (Å²) in [5.74, 6) is 0.352. The van der Waals surface area contributed by atoms with Crippen LogP contribution in [0.1, 0.15) is 27.4 Å². The van der Waals surface area contributed by atoms with Crippen molar-refractivity contribution in [1.82, 2.24) is 13.9 Å². The van der Waals surface area contributed by atoms with E-state index in [1.54, 1.807) is 24.3 Å². The number of anilines is 1. The molecule has 158 valence electrons. The maximum Gasteiger partial charge on any atom is 0.339 e. The molecule has 0 unspecified atom stereocenters. The number of aromatic nitrogens is 3. The van der Waals surface area contributed by atoms with Crippen LogP contribution in [0.25, 0.3) is 11.0 Å². The molecule has 1 amide bonds. The molecule has 0 radical (unpaired) electrons. The van der Waals surface area contributed by atoms with Gasteiger partial charge in [0.2, 0.25) is 0 Å². The molecule has 0 aliphatic carbocycles. The number of carbonyl (C=O) groups is 2. The first-order valence-electron chi connectivity index (χ1n) is 9.34. The summed E-state index contributed by atoms with van der Waals surface area (Å²) in [6.07, 6.45) is 0. The van der Waals surface area contributed by atoms with Crippen molar-refractivity contribution in [3.8, 4) is 0 Å². The molecule has 4 rings (SSSR count). The van der Waals surface area contributed by atoms with Crippen molar-refractivity contribution >= 4 is 52.1 Å². The van der Waals surface area contributed by atoms with E-state index in [0.717, 1.165) is 33.6 Å². The van der Waals surface area contributed by atoms with Gasteiger partial charge in [-0.1, -0.05) is 23.4 Å². The molecule has 1 N–H and O–H groups in total. The van der Waals surface area contributed by atoms with Gasteiger partial charge in [0.15, 0.2) is 6.61 Å². The minimum Gasteiger partial charge on any atom is -0.452 e. The second-order valence-corrected chi connectivity index (χ2v) is 8.20. The zero-order chi connectivity index (χ0) is 21.8. The number of fused-ring (bicyclic) bond motifs is 1. The molecule has 0 saturated heterocycles. The Hall–Kier alpha value is -3.24. The van der Waals surface area contributed by atoms with Gasteiger partial charge in [-0.15, -0.1) is 11.8 Å². The maximum absolute atomic E-state index is 12.6. The lowest BCUT2D eigenvalue weighted by atomic mass is 10.2. The van der Waals surface area contributed by atoms with Crippen molar-refractivity contribution in [2.45, 2.75) is 24.5 Å². The Morgan fingerprint density at radius 2 is 1.97 bits per heavy atom. The molecular weight excluding hydrogens is 436 g/mol. The molecule has 0 aliphatic heterocycles. The van der Waals surface area contributed by atoms with Crippen LogP contribution in [0.4, 0.5) is 5.69 Å². The molecule has 0 aliphatic rings. The monoisotopic (exact) mass is 454 g/mol. The Morgan fingerprint density at radius 3 is 2.77 bits per heavy atom. The molecule has 4 aromatic rings. The fraction of sp³-hybridized carbons (Fsp3) is 0.190. The third-order valence-corrected chi connectivity index (χ3v) is 6.20. The number of benzene rings is 2. The second kappa shape index (κ2) is 9.27. The first-order valence-corrected chi connectivity index (χ1v) is 11.1. The number of amides is 1. The van der Waals surface area contributed by atoms with E-state index in [0.29, 0.717) is 28.0 Å². The minimum atomic E-state index is -0.564. The fourth-order valence-corrected chi connectivity index (χ4v) is 4.66. The van der Waals surface area contributed by atoms with Crippen LogP contribution >= 0.6 is 23.5 Å². The van der Waals surface area contributed by atoms with Gasteiger partial charge in [-0.3, -0.25) is 4.79 Å². The van der Waals surface area contributed by atoms with Crippen molar-refractivity contribution in [2.75, 3.05) is 11.9 Å². The Bertz CT molecular complexity index is 1230. The van der Waals surface area contributed by atoms with Crippen LogP contribution in [0.15, 0.2) is 51.9 Å². The Balaban J connectivity index is 1.38. The van der Waals surface area contributed by atoms with Crippen LogP contribution in [-0.2, 0) is 15.3 Å². The van der Waals surface area contributed by atoms with E-state index < -0.39 is 18.5 Å². The molecule has 0 saturated carbocycles. The van der Waals surface area contributed by atoms with Crippen LogP contribution in [-0.4, -0.2) is 32.4 Å². The highest BCUT2D eigenvalue weighted by Gasteiger charge is 2.17. The SMILES string of the molecule is Cc1noc(C)c1CSc1ccccc1C(=O)OCC(=O)Nc1cccc2nsnc12. The standard InChI is InChI=1S/C21H18N4O4S2/c1-12-15(13(2)29-23-12)11-30-18-9-4-3-6-14(18)21(27)28-10-19(26)22-16-7-5-8-17-20(16)25-31-24-17/h3-9H,10-11H2,1-2H3,(H,22,26). The summed E-state index contributed by atoms with van der Waals surface area (Å²) in [7, 11) is 0. The van der Waals surface area contributed by atoms with Gasteiger partial charge >= 0.3 is 5.97 Å². The molecule has 31 heavy (non-hydrogen) atoms. The molecule has 0 spiro atoms. The number of carbonyl (C=O) groups excluding carboxylic acids is 2. The highest BCUT2D eigenvalue weighted by atomic mass is 32.2. The number of hydrogen-bond donors (Lipinski definition) is 1. The summed E-state index contributed by atoms with van der Waals surface area (Å²) >= 11 is 2.55. The number of ether oxygens (including phenoxy) is 1. The van der Waals surface area contributed by atoms with E-state index in [9.17, 15) is 9.59 Å². The number of hydrogen-bond acceptors (Lipinski definition) is 9. The van der Waals surface area contributed by atoms with Gasteiger partial charge in [0.05, 0.1) is 28.7 Å². The average Bonchev–Trinajstić information content (AvgIpc) is 3.38. The van der Waals surface area contributed by atoms with Crippen molar-refractivity contribution in [3.63, 3.8) is 0 Å². The summed E-state index contributed by atoms with van der Waals surface area (Å²) in [4.78, 5) is 25.7. The summed E-state index contributed by atoms with van der Waals surface area (Å²) in [5.41, 5.74) is 4.06. The topological polar surface area (TPSA) is 107 Å². The largest absolute Gasteiger partial charge is 0.452 e. The predicted molar refractivity (Wildman–Crippen MR) is 118 cm³/mol. The lowest BCUT2D eigenvalue weighted by molar-refractivity contribution is -0.119.